The molecule has 0 radical (unpaired) electrons. The summed E-state index contributed by atoms with van der Waals surface area (Å²) in [6.07, 6.45) is 13.5. The van der Waals surface area contributed by atoms with Crippen LogP contribution >= 0.6 is 0 Å². The van der Waals surface area contributed by atoms with E-state index < -0.39 is 0 Å². The van der Waals surface area contributed by atoms with Gasteiger partial charge in [0.25, 0.3) is 0 Å². The molecule has 4 aliphatic carbocycles. The molecule has 0 amide bonds. The highest BCUT2D eigenvalue weighted by Gasteiger charge is 2.61. The van der Waals surface area contributed by atoms with Crippen molar-refractivity contribution in [2.24, 2.45) is 46.3 Å². The maximum Gasteiger partial charge on any atom is 0.0757 e. The van der Waals surface area contributed by atoms with E-state index in [0.29, 0.717) is 29.1 Å². The highest BCUT2D eigenvalue weighted by Crippen LogP contribution is 2.67. The lowest BCUT2D eigenvalue weighted by Crippen LogP contribution is -2.54. The van der Waals surface area contributed by atoms with E-state index in [1.807, 2.05) is 0 Å². The summed E-state index contributed by atoms with van der Waals surface area (Å²) in [4.78, 5) is 0. The Labute approximate surface area is 191 Å². The Morgan fingerprint density at radius 3 is 2.52 bits per heavy atom. The largest absolute Gasteiger partial charge is 0.393 e. The smallest absolute Gasteiger partial charge is 0.0757 e. The second-order valence-corrected chi connectivity index (χ2v) is 12.5. The van der Waals surface area contributed by atoms with Crippen LogP contribution in [0.1, 0.15) is 98.8 Å². The van der Waals surface area contributed by atoms with Crippen LogP contribution < -0.4 is 0 Å². The van der Waals surface area contributed by atoms with Crippen molar-refractivity contribution in [2.45, 2.75) is 111 Å². The van der Waals surface area contributed by atoms with Gasteiger partial charge in [-0.15, -0.1) is 0 Å². The molecule has 2 unspecified atom stereocenters. The van der Waals surface area contributed by atoms with Crippen molar-refractivity contribution in [3.63, 3.8) is 0 Å². The first-order chi connectivity index (χ1) is 14.6. The van der Waals surface area contributed by atoms with E-state index in [9.17, 15) is 10.2 Å². The maximum atomic E-state index is 11.3. The first-order valence-electron chi connectivity index (χ1n) is 13.3. The minimum Gasteiger partial charge on any atom is -0.393 e. The van der Waals surface area contributed by atoms with Crippen LogP contribution in [0.5, 0.6) is 0 Å². The van der Waals surface area contributed by atoms with Crippen molar-refractivity contribution in [3.05, 3.63) is 23.8 Å². The molecule has 4 rings (SSSR count). The molecule has 176 valence electrons. The van der Waals surface area contributed by atoms with Crippen LogP contribution in [0.2, 0.25) is 0 Å². The van der Waals surface area contributed by atoms with E-state index in [-0.39, 0.29) is 17.6 Å². The molecule has 0 bridgehead atoms. The topological polar surface area (TPSA) is 40.5 Å². The van der Waals surface area contributed by atoms with Crippen LogP contribution in [0, 0.1) is 46.3 Å². The van der Waals surface area contributed by atoms with Gasteiger partial charge in [-0.1, -0.05) is 51.5 Å². The molecule has 0 heterocycles. The standard InChI is InChI=1S/C29H48O2/c1-7-20(18(2)3)9-8-19(4)23-10-11-24-27-25(13-15-29(23,24)6)28(5)14-12-22(30)16-21(28)17-26(27)31/h17,19-20,22-27,30-31H,2,7-16H2,1,3-6H3/t19-,20-,22?,23-,24+,25+,26?,27+,28+,29-/m1/s1. The van der Waals surface area contributed by atoms with Crippen LogP contribution in [-0.4, -0.2) is 22.4 Å². The van der Waals surface area contributed by atoms with Crippen LogP contribution in [-0.2, 0) is 0 Å². The van der Waals surface area contributed by atoms with Crippen molar-refractivity contribution in [1.82, 2.24) is 0 Å². The normalized spacial score (nSPS) is 46.4. The van der Waals surface area contributed by atoms with Crippen LogP contribution in [0.25, 0.3) is 0 Å². The van der Waals surface area contributed by atoms with Crippen molar-refractivity contribution in [1.29, 1.82) is 0 Å². The molecular formula is C29H48O2. The number of allylic oxidation sites excluding steroid dienone is 1. The molecule has 2 nitrogen and oxygen atoms in total. The highest BCUT2D eigenvalue weighted by atomic mass is 16.3. The molecule has 4 aliphatic rings. The van der Waals surface area contributed by atoms with Gasteiger partial charge in [0.1, 0.15) is 0 Å². The number of aliphatic hydroxyl groups excluding tert-OH is 2. The average molecular weight is 429 g/mol. The summed E-state index contributed by atoms with van der Waals surface area (Å²) in [6.45, 7) is 16.3. The highest BCUT2D eigenvalue weighted by molar-refractivity contribution is 5.27. The predicted octanol–water partition coefficient (Wildman–Crippen LogP) is 6.92. The lowest BCUT2D eigenvalue weighted by Gasteiger charge is -2.59. The zero-order valence-corrected chi connectivity index (χ0v) is 20.9. The van der Waals surface area contributed by atoms with Gasteiger partial charge in [0.05, 0.1) is 12.2 Å². The van der Waals surface area contributed by atoms with Crippen molar-refractivity contribution in [2.75, 3.05) is 0 Å². The summed E-state index contributed by atoms with van der Waals surface area (Å²) in [7, 11) is 0. The number of hydrogen-bond acceptors (Lipinski definition) is 2. The van der Waals surface area contributed by atoms with E-state index >= 15 is 0 Å². The summed E-state index contributed by atoms with van der Waals surface area (Å²) < 4.78 is 0. The number of aliphatic hydroxyl groups is 2. The monoisotopic (exact) mass is 428 g/mol. The molecule has 0 aromatic heterocycles. The molecule has 0 saturated heterocycles. The minimum atomic E-state index is -0.315. The third-order valence-corrected chi connectivity index (χ3v) is 11.0. The summed E-state index contributed by atoms with van der Waals surface area (Å²) in [5.74, 6) is 3.88. The quantitative estimate of drug-likeness (QED) is 0.451. The summed E-state index contributed by atoms with van der Waals surface area (Å²) >= 11 is 0. The first kappa shape index (κ1) is 23.6. The summed E-state index contributed by atoms with van der Waals surface area (Å²) in [5, 5.41) is 21.6. The fraction of sp³-hybridized carbons (Fsp3) is 0.862. The second-order valence-electron chi connectivity index (χ2n) is 12.5. The zero-order chi connectivity index (χ0) is 22.6. The van der Waals surface area contributed by atoms with Gasteiger partial charge in [-0.05, 0) is 117 Å². The fourth-order valence-corrected chi connectivity index (χ4v) is 9.07. The van der Waals surface area contributed by atoms with Crippen molar-refractivity contribution in [3.8, 4) is 0 Å². The van der Waals surface area contributed by atoms with E-state index in [1.165, 1.54) is 56.1 Å². The number of hydrogen-bond donors (Lipinski definition) is 2. The van der Waals surface area contributed by atoms with Crippen molar-refractivity contribution >= 4 is 0 Å². The molecule has 10 atom stereocenters. The third-order valence-electron chi connectivity index (χ3n) is 11.0. The van der Waals surface area contributed by atoms with Crippen LogP contribution in [0.3, 0.4) is 0 Å². The Bertz CT molecular complexity index is 710. The van der Waals surface area contributed by atoms with Crippen LogP contribution in [0.4, 0.5) is 0 Å². The Morgan fingerprint density at radius 2 is 1.84 bits per heavy atom. The SMILES string of the molecule is C=C(C)[C@H](CC)CC[C@@H](C)[C@H]1CC[C@H]2[C@@H]3C(O)C=C4CC(O)CC[C@]4(C)[C@H]3CC[C@]12C. The Morgan fingerprint density at radius 1 is 1.10 bits per heavy atom. The molecule has 2 heteroatoms. The third kappa shape index (κ3) is 3.88. The van der Waals surface area contributed by atoms with Gasteiger partial charge >= 0.3 is 0 Å². The number of fused-ring (bicyclic) bond motifs is 5. The lowest BCUT2D eigenvalue weighted by atomic mass is 9.46. The van der Waals surface area contributed by atoms with Gasteiger partial charge < -0.3 is 10.2 Å². The van der Waals surface area contributed by atoms with Gasteiger partial charge in [0, 0.05) is 0 Å². The Kier molecular flexibility index (Phi) is 6.56. The van der Waals surface area contributed by atoms with E-state index in [2.05, 4.69) is 47.3 Å². The lowest BCUT2D eigenvalue weighted by molar-refractivity contribution is -0.0971. The molecule has 0 aromatic rings. The van der Waals surface area contributed by atoms with Gasteiger partial charge in [-0.25, -0.2) is 0 Å². The van der Waals surface area contributed by atoms with Crippen molar-refractivity contribution < 1.29 is 10.2 Å². The molecular weight excluding hydrogens is 380 g/mol. The minimum absolute atomic E-state index is 0.198. The molecule has 0 aliphatic heterocycles. The van der Waals surface area contributed by atoms with Gasteiger partial charge in [-0.3, -0.25) is 0 Å². The van der Waals surface area contributed by atoms with Gasteiger partial charge in [0.15, 0.2) is 0 Å². The molecule has 3 saturated carbocycles. The number of rotatable bonds is 6. The van der Waals surface area contributed by atoms with Gasteiger partial charge in [0.2, 0.25) is 0 Å². The Hall–Kier alpha value is -0.600. The first-order valence-corrected chi connectivity index (χ1v) is 13.3. The second kappa shape index (κ2) is 8.64. The van der Waals surface area contributed by atoms with E-state index in [1.54, 1.807) is 0 Å². The van der Waals surface area contributed by atoms with E-state index in [4.69, 9.17) is 0 Å². The van der Waals surface area contributed by atoms with Crippen LogP contribution in [0.15, 0.2) is 23.8 Å². The maximum absolute atomic E-state index is 11.3. The molecule has 0 aromatic carbocycles. The molecule has 2 N–H and O–H groups in total. The summed E-state index contributed by atoms with van der Waals surface area (Å²) in [6, 6.07) is 0. The fourth-order valence-electron chi connectivity index (χ4n) is 9.07. The molecule has 3 fully saturated rings. The Balaban J connectivity index is 1.52. The van der Waals surface area contributed by atoms with E-state index in [0.717, 1.165) is 31.1 Å². The van der Waals surface area contributed by atoms with Gasteiger partial charge in [-0.2, -0.15) is 0 Å². The average Bonchev–Trinajstić information content (AvgIpc) is 3.06. The predicted molar refractivity (Wildman–Crippen MR) is 130 cm³/mol. The molecule has 0 spiro atoms. The molecule has 31 heavy (non-hydrogen) atoms. The zero-order valence-electron chi connectivity index (χ0n) is 20.9. The summed E-state index contributed by atoms with van der Waals surface area (Å²) in [5.41, 5.74) is 3.29.